The number of anilines is 1. The van der Waals surface area contributed by atoms with Crippen molar-refractivity contribution in [3.63, 3.8) is 0 Å². The fourth-order valence-electron chi connectivity index (χ4n) is 5.08. The van der Waals surface area contributed by atoms with Gasteiger partial charge in [0.2, 0.25) is 5.91 Å². The number of fused-ring (bicyclic) bond motifs is 1. The molecule has 2 aliphatic heterocycles. The molecule has 0 N–H and O–H groups in total. The Bertz CT molecular complexity index is 625. The number of carbonyl (C=O) groups excluding carboxylic acids is 1. The topological polar surface area (TPSA) is 36.0 Å². The number of ether oxygens (including phenoxy) is 1. The first-order chi connectivity index (χ1) is 13.2. The highest BCUT2D eigenvalue weighted by Crippen LogP contribution is 2.36. The van der Waals surface area contributed by atoms with Crippen molar-refractivity contribution in [2.75, 3.05) is 57.8 Å². The lowest BCUT2D eigenvalue weighted by Crippen LogP contribution is -2.52. The van der Waals surface area contributed by atoms with Crippen molar-refractivity contribution in [2.24, 2.45) is 11.8 Å². The highest BCUT2D eigenvalue weighted by Gasteiger charge is 2.33. The maximum absolute atomic E-state index is 12.8. The average Bonchev–Trinajstić information content (AvgIpc) is 2.74. The van der Waals surface area contributed by atoms with Crippen LogP contribution in [0.25, 0.3) is 0 Å². The quantitative estimate of drug-likeness (QED) is 0.815. The van der Waals surface area contributed by atoms with Crippen molar-refractivity contribution in [2.45, 2.75) is 32.1 Å². The van der Waals surface area contributed by atoms with E-state index in [9.17, 15) is 4.79 Å². The zero-order chi connectivity index (χ0) is 18.6. The number of carbonyl (C=O) groups is 1. The first-order valence-corrected chi connectivity index (χ1v) is 10.6. The Balaban J connectivity index is 1.24. The zero-order valence-corrected chi connectivity index (χ0v) is 16.6. The molecule has 0 unspecified atom stereocenters. The molecule has 1 aromatic carbocycles. The monoisotopic (exact) mass is 371 g/mol. The summed E-state index contributed by atoms with van der Waals surface area (Å²) in [6, 6.07) is 8.27. The van der Waals surface area contributed by atoms with Gasteiger partial charge >= 0.3 is 0 Å². The van der Waals surface area contributed by atoms with Crippen molar-refractivity contribution >= 4 is 11.6 Å². The molecule has 2 heterocycles. The maximum atomic E-state index is 12.8. The number of amides is 1. The number of piperidine rings is 1. The second kappa shape index (κ2) is 8.51. The Kier molecular flexibility index (Phi) is 5.86. The number of nitrogens with zero attached hydrogens (tertiary/aromatic N) is 3. The first-order valence-electron chi connectivity index (χ1n) is 10.6. The van der Waals surface area contributed by atoms with Gasteiger partial charge in [0.05, 0.1) is 13.7 Å². The number of likely N-dealkylation sites (tertiary alicyclic amines) is 1. The van der Waals surface area contributed by atoms with E-state index in [0.29, 0.717) is 12.5 Å². The molecule has 1 amide bonds. The lowest BCUT2D eigenvalue weighted by molar-refractivity contribution is -0.135. The van der Waals surface area contributed by atoms with Gasteiger partial charge in [0.25, 0.3) is 0 Å². The molecular weight excluding hydrogens is 338 g/mol. The summed E-state index contributed by atoms with van der Waals surface area (Å²) in [5.74, 6) is 2.89. The second-order valence-electron chi connectivity index (χ2n) is 8.39. The number of methoxy groups -OCH3 is 1. The summed E-state index contributed by atoms with van der Waals surface area (Å²) in [6.07, 6.45) is 6.70. The molecule has 1 aromatic rings. The van der Waals surface area contributed by atoms with E-state index in [-0.39, 0.29) is 0 Å². The average molecular weight is 372 g/mol. The Morgan fingerprint density at radius 3 is 2.37 bits per heavy atom. The van der Waals surface area contributed by atoms with Crippen LogP contribution >= 0.6 is 0 Å². The van der Waals surface area contributed by atoms with E-state index in [4.69, 9.17) is 4.74 Å². The Hall–Kier alpha value is -1.75. The molecule has 2 atom stereocenters. The summed E-state index contributed by atoms with van der Waals surface area (Å²) in [6.45, 7) is 6.44. The number of hydrogen-bond donors (Lipinski definition) is 0. The maximum Gasteiger partial charge on any atom is 0.236 e. The van der Waals surface area contributed by atoms with E-state index in [1.165, 1.54) is 37.8 Å². The van der Waals surface area contributed by atoms with Crippen molar-refractivity contribution < 1.29 is 9.53 Å². The number of benzene rings is 1. The predicted molar refractivity (Wildman–Crippen MR) is 108 cm³/mol. The highest BCUT2D eigenvalue weighted by molar-refractivity contribution is 5.78. The lowest BCUT2D eigenvalue weighted by atomic mass is 9.75. The molecule has 0 bridgehead atoms. The van der Waals surface area contributed by atoms with Crippen LogP contribution < -0.4 is 9.64 Å². The summed E-state index contributed by atoms with van der Waals surface area (Å²) >= 11 is 0. The van der Waals surface area contributed by atoms with Crippen LogP contribution in [0.2, 0.25) is 0 Å². The first kappa shape index (κ1) is 18.6. The van der Waals surface area contributed by atoms with Gasteiger partial charge in [0, 0.05) is 45.0 Å². The molecule has 1 aliphatic carbocycles. The lowest BCUT2D eigenvalue weighted by Gasteiger charge is -2.42. The van der Waals surface area contributed by atoms with E-state index >= 15 is 0 Å². The molecular formula is C22H33N3O2. The summed E-state index contributed by atoms with van der Waals surface area (Å²) in [5, 5.41) is 0. The molecule has 27 heavy (non-hydrogen) atoms. The standard InChI is InChI=1S/C22H33N3O2/c1-27-21-8-6-20(7-9-21)24-14-12-23(13-15-24)17-22(26)25-11-10-18-4-2-3-5-19(18)16-25/h6-9,18-19H,2-5,10-17H2,1H3/t18-,19+/m1/s1. The van der Waals surface area contributed by atoms with Crippen molar-refractivity contribution in [1.29, 1.82) is 0 Å². The van der Waals surface area contributed by atoms with E-state index in [1.807, 2.05) is 12.1 Å². The fraction of sp³-hybridized carbons (Fsp3) is 0.682. The van der Waals surface area contributed by atoms with Gasteiger partial charge in [-0.2, -0.15) is 0 Å². The van der Waals surface area contributed by atoms with Crippen LogP contribution in [0.15, 0.2) is 24.3 Å². The Morgan fingerprint density at radius 1 is 0.963 bits per heavy atom. The third-order valence-electron chi connectivity index (χ3n) is 6.81. The largest absolute Gasteiger partial charge is 0.497 e. The number of rotatable bonds is 4. The van der Waals surface area contributed by atoms with Crippen LogP contribution in [-0.4, -0.2) is 68.6 Å². The van der Waals surface area contributed by atoms with Crippen molar-refractivity contribution in [3.8, 4) is 5.75 Å². The molecule has 0 aromatic heterocycles. The summed E-state index contributed by atoms with van der Waals surface area (Å²) < 4.78 is 5.24. The van der Waals surface area contributed by atoms with Crippen LogP contribution in [-0.2, 0) is 4.79 Å². The van der Waals surface area contributed by atoms with Crippen LogP contribution in [0.1, 0.15) is 32.1 Å². The van der Waals surface area contributed by atoms with Gasteiger partial charge in [-0.15, -0.1) is 0 Å². The molecule has 148 valence electrons. The van der Waals surface area contributed by atoms with Crippen LogP contribution in [0.5, 0.6) is 5.75 Å². The van der Waals surface area contributed by atoms with Crippen molar-refractivity contribution in [3.05, 3.63) is 24.3 Å². The van der Waals surface area contributed by atoms with Gasteiger partial charge in [-0.1, -0.05) is 19.3 Å². The van der Waals surface area contributed by atoms with E-state index in [1.54, 1.807) is 7.11 Å². The van der Waals surface area contributed by atoms with Gasteiger partial charge in [0.1, 0.15) is 5.75 Å². The molecule has 5 heteroatoms. The zero-order valence-electron chi connectivity index (χ0n) is 16.6. The number of piperazine rings is 1. The van der Waals surface area contributed by atoms with Gasteiger partial charge in [0.15, 0.2) is 0 Å². The Labute approximate surface area is 163 Å². The third kappa shape index (κ3) is 4.40. The third-order valence-corrected chi connectivity index (χ3v) is 6.81. The summed E-state index contributed by atoms with van der Waals surface area (Å²) in [4.78, 5) is 19.7. The minimum absolute atomic E-state index is 0.344. The van der Waals surface area contributed by atoms with Crippen LogP contribution in [0, 0.1) is 11.8 Å². The molecule has 3 fully saturated rings. The van der Waals surface area contributed by atoms with Gasteiger partial charge in [-0.05, 0) is 48.9 Å². The van der Waals surface area contributed by atoms with E-state index < -0.39 is 0 Å². The summed E-state index contributed by atoms with van der Waals surface area (Å²) in [7, 11) is 1.70. The normalized spacial score (nSPS) is 26.6. The van der Waals surface area contributed by atoms with Gasteiger partial charge in [-0.3, -0.25) is 9.69 Å². The highest BCUT2D eigenvalue weighted by atomic mass is 16.5. The molecule has 5 nitrogen and oxygen atoms in total. The predicted octanol–water partition coefficient (Wildman–Crippen LogP) is 2.86. The van der Waals surface area contributed by atoms with Gasteiger partial charge < -0.3 is 14.5 Å². The minimum Gasteiger partial charge on any atom is -0.497 e. The van der Waals surface area contributed by atoms with E-state index in [2.05, 4.69) is 26.8 Å². The second-order valence-corrected chi connectivity index (χ2v) is 8.39. The number of hydrogen-bond acceptors (Lipinski definition) is 4. The van der Waals surface area contributed by atoms with E-state index in [0.717, 1.165) is 56.9 Å². The van der Waals surface area contributed by atoms with Crippen LogP contribution in [0.4, 0.5) is 5.69 Å². The molecule has 2 saturated heterocycles. The van der Waals surface area contributed by atoms with Crippen molar-refractivity contribution in [1.82, 2.24) is 9.80 Å². The van der Waals surface area contributed by atoms with Gasteiger partial charge in [-0.25, -0.2) is 0 Å². The SMILES string of the molecule is COc1ccc(N2CCN(CC(=O)N3CC[C@H]4CCCC[C@H]4C3)CC2)cc1. The molecule has 4 rings (SSSR count). The molecule has 0 spiro atoms. The Morgan fingerprint density at radius 2 is 1.67 bits per heavy atom. The molecule has 3 aliphatic rings. The minimum atomic E-state index is 0.344. The molecule has 0 radical (unpaired) electrons. The fourth-order valence-corrected chi connectivity index (χ4v) is 5.08. The smallest absolute Gasteiger partial charge is 0.236 e. The molecule has 1 saturated carbocycles. The van der Waals surface area contributed by atoms with Crippen LogP contribution in [0.3, 0.4) is 0 Å². The summed E-state index contributed by atoms with van der Waals surface area (Å²) in [5.41, 5.74) is 1.24.